The molecule has 3 N–H and O–H groups in total. The highest BCUT2D eigenvalue weighted by Gasteiger charge is 2.46. The summed E-state index contributed by atoms with van der Waals surface area (Å²) in [4.78, 5) is 36.5. The molecule has 3 aliphatic rings. The summed E-state index contributed by atoms with van der Waals surface area (Å²) in [7, 11) is 0. The molecule has 0 aromatic carbocycles. The Morgan fingerprint density at radius 1 is 1.18 bits per heavy atom. The van der Waals surface area contributed by atoms with Crippen molar-refractivity contribution in [2.45, 2.75) is 109 Å². The van der Waals surface area contributed by atoms with E-state index in [-0.39, 0.29) is 41.1 Å². The first-order chi connectivity index (χ1) is 18.7. The van der Waals surface area contributed by atoms with Gasteiger partial charge in [0, 0.05) is 36.4 Å². The molecule has 1 saturated carbocycles. The van der Waals surface area contributed by atoms with Crippen molar-refractivity contribution in [2.75, 3.05) is 11.9 Å². The molecule has 40 heavy (non-hydrogen) atoms. The van der Waals surface area contributed by atoms with E-state index in [2.05, 4.69) is 20.6 Å². The molecular formula is C28H38F3N5O3S. The van der Waals surface area contributed by atoms with Crippen molar-refractivity contribution < 1.29 is 27.9 Å². The van der Waals surface area contributed by atoms with Gasteiger partial charge in [0.25, 0.3) is 11.8 Å². The largest absolute Gasteiger partial charge is 0.417 e. The molecule has 1 aromatic heterocycles. The number of hydrogen-bond acceptors (Lipinski definition) is 7. The summed E-state index contributed by atoms with van der Waals surface area (Å²) in [6.07, 6.45) is 2.39. The number of halogens is 3. The maximum absolute atomic E-state index is 14.3. The standard InChI is InChI=1S/C28H38F3N5O3S/c1-5-21(16-6-7-16)35-22-12-20(28(29,30)31)19(13-32-22)24(40)23(26(38)36-17-8-9-18(36)11-10-17)34-15(2)25(37)33-14-27(3,4)39/h12-13,16-18,21,23,39H,5-11,14H2,1-4H3,(H,32,35)(H,33,37)/b34-15+/t17?,18?,21-,23?/m1/s1. The fourth-order valence-electron chi connectivity index (χ4n) is 5.67. The van der Waals surface area contributed by atoms with Gasteiger partial charge in [-0.2, -0.15) is 13.2 Å². The van der Waals surface area contributed by atoms with E-state index in [9.17, 15) is 27.9 Å². The van der Waals surface area contributed by atoms with Gasteiger partial charge in [-0.25, -0.2) is 4.98 Å². The highest BCUT2D eigenvalue weighted by atomic mass is 32.1. The van der Waals surface area contributed by atoms with Crippen LogP contribution in [0.1, 0.15) is 83.8 Å². The van der Waals surface area contributed by atoms with Gasteiger partial charge in [0.1, 0.15) is 5.82 Å². The van der Waals surface area contributed by atoms with E-state index >= 15 is 0 Å². The SMILES string of the molecule is CC[C@@H](Nc1cc(C(F)(F)F)c(C(=S)C(/N=C(\C)C(=O)NCC(C)(C)O)C(=O)N2C3CCC2CC3)cn1)C1CC1. The van der Waals surface area contributed by atoms with Crippen LogP contribution in [0.5, 0.6) is 0 Å². The van der Waals surface area contributed by atoms with Crippen molar-refractivity contribution >= 4 is 40.4 Å². The topological polar surface area (TPSA) is 107 Å². The van der Waals surface area contributed by atoms with E-state index in [0.717, 1.165) is 57.2 Å². The van der Waals surface area contributed by atoms with Crippen LogP contribution in [-0.2, 0) is 15.8 Å². The number of fused-ring (bicyclic) bond motifs is 2. The maximum Gasteiger partial charge on any atom is 0.417 e. The molecular weight excluding hydrogens is 543 g/mol. The zero-order chi connectivity index (χ0) is 29.4. The number of aliphatic imine (C=N–C) groups is 1. The second kappa shape index (κ2) is 11.7. The Balaban J connectivity index is 1.68. The van der Waals surface area contributed by atoms with Gasteiger partial charge < -0.3 is 20.6 Å². The molecule has 2 atom stereocenters. The van der Waals surface area contributed by atoms with Crippen LogP contribution in [0.15, 0.2) is 17.3 Å². The zero-order valence-electron chi connectivity index (χ0n) is 23.3. The number of amides is 2. The summed E-state index contributed by atoms with van der Waals surface area (Å²) >= 11 is 5.56. The number of pyridine rings is 1. The Labute approximate surface area is 238 Å². The number of aromatic nitrogens is 1. The van der Waals surface area contributed by atoms with Crippen LogP contribution in [0.25, 0.3) is 0 Å². The van der Waals surface area contributed by atoms with Crippen LogP contribution in [0.2, 0.25) is 0 Å². The lowest BCUT2D eigenvalue weighted by atomic mass is 10.00. The Bertz CT molecular complexity index is 1160. The first-order valence-corrected chi connectivity index (χ1v) is 14.4. The summed E-state index contributed by atoms with van der Waals surface area (Å²) in [5.74, 6) is -0.630. The highest BCUT2D eigenvalue weighted by Crippen LogP contribution is 2.40. The maximum atomic E-state index is 14.3. The molecule has 1 aromatic rings. The summed E-state index contributed by atoms with van der Waals surface area (Å²) in [5.41, 5.74) is -2.70. The zero-order valence-corrected chi connectivity index (χ0v) is 24.2. The van der Waals surface area contributed by atoms with Crippen LogP contribution < -0.4 is 10.6 Å². The van der Waals surface area contributed by atoms with Crippen molar-refractivity contribution in [1.29, 1.82) is 0 Å². The Kier molecular flexibility index (Phi) is 8.89. The monoisotopic (exact) mass is 581 g/mol. The number of thiocarbonyl (C=S) groups is 1. The van der Waals surface area contributed by atoms with E-state index in [4.69, 9.17) is 12.2 Å². The van der Waals surface area contributed by atoms with E-state index in [0.29, 0.717) is 5.92 Å². The number of rotatable bonds is 11. The van der Waals surface area contributed by atoms with Crippen molar-refractivity contribution in [3.63, 3.8) is 0 Å². The Hall–Kier alpha value is -2.60. The van der Waals surface area contributed by atoms with Crippen LogP contribution in [0.3, 0.4) is 0 Å². The summed E-state index contributed by atoms with van der Waals surface area (Å²) < 4.78 is 43.0. The van der Waals surface area contributed by atoms with Crippen molar-refractivity contribution in [2.24, 2.45) is 10.9 Å². The molecule has 8 nitrogen and oxygen atoms in total. The number of nitrogens with zero attached hydrogens (tertiary/aromatic N) is 3. The molecule has 12 heteroatoms. The molecule has 0 radical (unpaired) electrons. The fraction of sp³-hybridized carbons (Fsp3) is 0.679. The molecule has 2 amide bonds. The minimum atomic E-state index is -4.76. The first-order valence-electron chi connectivity index (χ1n) is 13.9. The molecule has 1 unspecified atom stereocenters. The van der Waals surface area contributed by atoms with E-state index < -0.39 is 40.8 Å². The summed E-state index contributed by atoms with van der Waals surface area (Å²) in [6, 6.07) is -0.549. The van der Waals surface area contributed by atoms with Gasteiger partial charge in [-0.05, 0) is 77.7 Å². The quantitative estimate of drug-likeness (QED) is 0.205. The molecule has 4 rings (SSSR count). The molecule has 2 saturated heterocycles. The van der Waals surface area contributed by atoms with Crippen molar-refractivity contribution in [3.8, 4) is 0 Å². The molecule has 0 spiro atoms. The van der Waals surface area contributed by atoms with E-state index in [1.807, 2.05) is 6.92 Å². The third-order valence-corrected chi connectivity index (χ3v) is 8.40. The summed E-state index contributed by atoms with van der Waals surface area (Å²) in [5, 5.41) is 15.6. The third kappa shape index (κ3) is 6.99. The average molecular weight is 582 g/mol. The van der Waals surface area contributed by atoms with Gasteiger partial charge >= 0.3 is 6.18 Å². The molecule has 1 aliphatic carbocycles. The minimum absolute atomic E-state index is 0.0116. The number of nitrogens with one attached hydrogen (secondary N) is 2. The lowest BCUT2D eigenvalue weighted by Crippen LogP contribution is -2.46. The first kappa shape index (κ1) is 30.4. The lowest BCUT2D eigenvalue weighted by molar-refractivity contribution is -0.138. The fourth-order valence-corrected chi connectivity index (χ4v) is 5.99. The van der Waals surface area contributed by atoms with E-state index in [1.54, 1.807) is 4.90 Å². The minimum Gasteiger partial charge on any atom is -0.389 e. The molecule has 220 valence electrons. The lowest BCUT2D eigenvalue weighted by Gasteiger charge is -2.27. The normalized spacial score (nSPS) is 22.7. The Morgan fingerprint density at radius 3 is 2.27 bits per heavy atom. The average Bonchev–Trinajstić information content (AvgIpc) is 3.56. The van der Waals surface area contributed by atoms with Crippen LogP contribution in [-0.4, -0.2) is 73.7 Å². The van der Waals surface area contributed by atoms with Crippen LogP contribution in [0.4, 0.5) is 19.0 Å². The second-order valence-electron chi connectivity index (χ2n) is 11.8. The van der Waals surface area contributed by atoms with Crippen molar-refractivity contribution in [1.82, 2.24) is 15.2 Å². The predicted molar refractivity (Wildman–Crippen MR) is 150 cm³/mol. The van der Waals surface area contributed by atoms with Gasteiger partial charge in [0.2, 0.25) is 0 Å². The summed E-state index contributed by atoms with van der Waals surface area (Å²) in [6.45, 7) is 6.31. The Morgan fingerprint density at radius 2 is 1.77 bits per heavy atom. The molecule has 3 heterocycles. The number of hydrogen-bond donors (Lipinski definition) is 3. The van der Waals surface area contributed by atoms with Gasteiger partial charge in [0.15, 0.2) is 6.04 Å². The molecule has 3 fully saturated rings. The second-order valence-corrected chi connectivity index (χ2v) is 12.2. The molecule has 2 bridgehead atoms. The van der Waals surface area contributed by atoms with Crippen LogP contribution in [0, 0.1) is 5.92 Å². The van der Waals surface area contributed by atoms with Crippen molar-refractivity contribution in [3.05, 3.63) is 23.4 Å². The third-order valence-electron chi connectivity index (χ3n) is 7.96. The number of anilines is 1. The van der Waals surface area contributed by atoms with Gasteiger partial charge in [-0.3, -0.25) is 14.6 Å². The van der Waals surface area contributed by atoms with Gasteiger partial charge in [-0.15, -0.1) is 0 Å². The van der Waals surface area contributed by atoms with E-state index in [1.165, 1.54) is 20.8 Å². The smallest absolute Gasteiger partial charge is 0.389 e. The predicted octanol–water partition coefficient (Wildman–Crippen LogP) is 4.29. The number of carbonyl (C=O) groups excluding carboxylic acids is 2. The van der Waals surface area contributed by atoms with Gasteiger partial charge in [0.05, 0.1) is 21.7 Å². The highest BCUT2D eigenvalue weighted by molar-refractivity contribution is 7.81. The molecule has 2 aliphatic heterocycles. The van der Waals surface area contributed by atoms with Gasteiger partial charge in [-0.1, -0.05) is 19.1 Å². The van der Waals surface area contributed by atoms with Crippen LogP contribution >= 0.6 is 12.2 Å². The number of carbonyl (C=O) groups is 2. The number of alkyl halides is 3. The number of aliphatic hydroxyl groups is 1.